The molecule has 0 bridgehead atoms. The summed E-state index contributed by atoms with van der Waals surface area (Å²) < 4.78 is 5.92. The van der Waals surface area contributed by atoms with Gasteiger partial charge in [0.2, 0.25) is 5.88 Å². The van der Waals surface area contributed by atoms with Crippen molar-refractivity contribution in [2.24, 2.45) is 0 Å². The zero-order valence-electron chi connectivity index (χ0n) is 15.9. The number of hydrazine groups is 1. The topological polar surface area (TPSA) is 115 Å². The second kappa shape index (κ2) is 8.22. The van der Waals surface area contributed by atoms with Crippen LogP contribution in [0.25, 0.3) is 10.9 Å². The molecular weight excluding hydrogens is 404 g/mol. The molecule has 2 aromatic heterocycles. The number of fused-ring (bicyclic) bond motifs is 1. The molecule has 2 aromatic carbocycles. The first-order chi connectivity index (χ1) is 14.5. The van der Waals surface area contributed by atoms with Crippen LogP contribution < -0.4 is 21.3 Å². The summed E-state index contributed by atoms with van der Waals surface area (Å²) in [6, 6.07) is 16.1. The number of carbonyl (C=O) groups is 1. The van der Waals surface area contributed by atoms with Crippen molar-refractivity contribution in [1.82, 2.24) is 20.4 Å². The van der Waals surface area contributed by atoms with Gasteiger partial charge >= 0.3 is 0 Å². The van der Waals surface area contributed by atoms with Crippen LogP contribution in [0.4, 0.5) is 11.5 Å². The molecule has 0 unspecified atom stereocenters. The number of carbonyl (C=O) groups excluding carboxylic acids is 1. The predicted octanol–water partition coefficient (Wildman–Crippen LogP) is 4.12. The number of para-hydroxylation sites is 1. The van der Waals surface area contributed by atoms with Crippen LogP contribution in [-0.4, -0.2) is 20.9 Å². The number of hydrogen-bond acceptors (Lipinski definition) is 7. The number of nitrogens with zero attached hydrogens (tertiary/aromatic N) is 3. The number of pyridine rings is 1. The number of halogens is 1. The van der Waals surface area contributed by atoms with Crippen molar-refractivity contribution in [3.05, 3.63) is 77.2 Å². The Bertz CT molecular complexity index is 1250. The standard InChI is InChI=1S/C21H17ClN6O2/c1-12-9-10-13-5-4-8-16(18(13)26-12)30-21-17(23)19(24-11-25-21)27-28-20(29)14-6-2-3-7-15(14)22/h2-11H,23H2,1H3,(H,28,29)(H,24,25,27). The van der Waals surface area contributed by atoms with Gasteiger partial charge in [0.1, 0.15) is 17.5 Å². The second-order valence-electron chi connectivity index (χ2n) is 6.38. The normalized spacial score (nSPS) is 10.6. The Morgan fingerprint density at radius 2 is 1.90 bits per heavy atom. The van der Waals surface area contributed by atoms with E-state index in [-0.39, 0.29) is 17.4 Å². The van der Waals surface area contributed by atoms with Gasteiger partial charge < -0.3 is 10.5 Å². The van der Waals surface area contributed by atoms with E-state index in [2.05, 4.69) is 25.8 Å². The molecule has 0 fully saturated rings. The van der Waals surface area contributed by atoms with Gasteiger partial charge in [-0.05, 0) is 31.2 Å². The molecule has 0 saturated heterocycles. The minimum atomic E-state index is -0.435. The highest BCUT2D eigenvalue weighted by Crippen LogP contribution is 2.32. The number of rotatable bonds is 5. The van der Waals surface area contributed by atoms with Crippen LogP contribution in [0.5, 0.6) is 11.6 Å². The van der Waals surface area contributed by atoms with Crippen molar-refractivity contribution in [2.75, 3.05) is 11.2 Å². The Morgan fingerprint density at radius 1 is 1.07 bits per heavy atom. The molecule has 4 aromatic rings. The van der Waals surface area contributed by atoms with E-state index in [1.807, 2.05) is 31.2 Å². The van der Waals surface area contributed by atoms with Gasteiger partial charge in [-0.1, -0.05) is 41.9 Å². The lowest BCUT2D eigenvalue weighted by atomic mass is 10.2. The van der Waals surface area contributed by atoms with E-state index in [4.69, 9.17) is 22.1 Å². The Hall–Kier alpha value is -3.91. The largest absolute Gasteiger partial charge is 0.435 e. The van der Waals surface area contributed by atoms with Gasteiger partial charge in [0.15, 0.2) is 11.6 Å². The lowest BCUT2D eigenvalue weighted by Crippen LogP contribution is -2.30. The molecule has 150 valence electrons. The lowest BCUT2D eigenvalue weighted by molar-refractivity contribution is 0.0962. The van der Waals surface area contributed by atoms with Crippen LogP contribution in [0.1, 0.15) is 16.1 Å². The number of aryl methyl sites for hydroxylation is 1. The lowest BCUT2D eigenvalue weighted by Gasteiger charge is -2.13. The first-order valence-electron chi connectivity index (χ1n) is 8.98. The maximum Gasteiger partial charge on any atom is 0.271 e. The highest BCUT2D eigenvalue weighted by Gasteiger charge is 2.14. The predicted molar refractivity (Wildman–Crippen MR) is 116 cm³/mol. The molecule has 0 aliphatic heterocycles. The highest BCUT2D eigenvalue weighted by atomic mass is 35.5. The van der Waals surface area contributed by atoms with Gasteiger partial charge in [0, 0.05) is 11.1 Å². The van der Waals surface area contributed by atoms with Crippen LogP contribution in [0.3, 0.4) is 0 Å². The molecule has 0 aliphatic rings. The van der Waals surface area contributed by atoms with Crippen molar-refractivity contribution in [1.29, 1.82) is 0 Å². The molecule has 4 N–H and O–H groups in total. The van der Waals surface area contributed by atoms with Crippen LogP contribution in [-0.2, 0) is 0 Å². The molecule has 0 spiro atoms. The zero-order chi connectivity index (χ0) is 21.1. The fourth-order valence-corrected chi connectivity index (χ4v) is 3.01. The summed E-state index contributed by atoms with van der Waals surface area (Å²) in [7, 11) is 0. The van der Waals surface area contributed by atoms with E-state index in [9.17, 15) is 4.79 Å². The average Bonchev–Trinajstić information content (AvgIpc) is 2.75. The van der Waals surface area contributed by atoms with Crippen molar-refractivity contribution < 1.29 is 9.53 Å². The van der Waals surface area contributed by atoms with Crippen LogP contribution in [0, 0.1) is 6.92 Å². The molecule has 2 heterocycles. The fourth-order valence-electron chi connectivity index (χ4n) is 2.79. The summed E-state index contributed by atoms with van der Waals surface area (Å²) in [5.74, 6) is 0.391. The summed E-state index contributed by atoms with van der Waals surface area (Å²) in [6.45, 7) is 1.90. The van der Waals surface area contributed by atoms with Crippen LogP contribution >= 0.6 is 11.6 Å². The summed E-state index contributed by atoms with van der Waals surface area (Å²) in [6.07, 6.45) is 1.28. The molecule has 0 radical (unpaired) electrons. The minimum Gasteiger partial charge on any atom is -0.435 e. The van der Waals surface area contributed by atoms with Gasteiger partial charge in [-0.2, -0.15) is 4.98 Å². The first-order valence-corrected chi connectivity index (χ1v) is 9.36. The quantitative estimate of drug-likeness (QED) is 0.416. The van der Waals surface area contributed by atoms with Crippen LogP contribution in [0.15, 0.2) is 60.9 Å². The number of ether oxygens (including phenoxy) is 1. The maximum atomic E-state index is 12.3. The summed E-state index contributed by atoms with van der Waals surface area (Å²) in [5, 5.41) is 1.26. The third-order valence-corrected chi connectivity index (χ3v) is 4.62. The summed E-state index contributed by atoms with van der Waals surface area (Å²) in [5.41, 5.74) is 13.3. The van der Waals surface area contributed by atoms with Crippen molar-refractivity contribution in [3.63, 3.8) is 0 Å². The molecule has 8 nitrogen and oxygen atoms in total. The monoisotopic (exact) mass is 420 g/mol. The molecule has 0 atom stereocenters. The molecule has 0 saturated carbocycles. The Balaban J connectivity index is 1.56. The minimum absolute atomic E-state index is 0.126. The van der Waals surface area contributed by atoms with Gasteiger partial charge in [-0.15, -0.1) is 0 Å². The van der Waals surface area contributed by atoms with Gasteiger partial charge in [0.05, 0.1) is 10.6 Å². The SMILES string of the molecule is Cc1ccc2cccc(Oc3ncnc(NNC(=O)c4ccccc4Cl)c3N)c2n1. The maximum absolute atomic E-state index is 12.3. The molecular formula is C21H17ClN6O2. The highest BCUT2D eigenvalue weighted by molar-refractivity contribution is 6.33. The number of amides is 1. The third-order valence-electron chi connectivity index (χ3n) is 4.29. The number of nitrogens with one attached hydrogen (secondary N) is 2. The number of aromatic nitrogens is 3. The van der Waals surface area contributed by atoms with E-state index in [1.54, 1.807) is 30.3 Å². The zero-order valence-corrected chi connectivity index (χ0v) is 16.6. The van der Waals surface area contributed by atoms with E-state index in [0.29, 0.717) is 21.9 Å². The number of nitrogen functional groups attached to an aromatic ring is 1. The first kappa shape index (κ1) is 19.4. The number of anilines is 2. The van der Waals surface area contributed by atoms with E-state index in [0.717, 1.165) is 11.1 Å². The van der Waals surface area contributed by atoms with Gasteiger partial charge in [0.25, 0.3) is 5.91 Å². The number of nitrogens with two attached hydrogens (primary N) is 1. The molecule has 9 heteroatoms. The summed E-state index contributed by atoms with van der Waals surface area (Å²) >= 11 is 6.04. The van der Waals surface area contributed by atoms with Crippen LogP contribution in [0.2, 0.25) is 5.02 Å². The molecule has 1 amide bonds. The molecule has 30 heavy (non-hydrogen) atoms. The van der Waals surface area contributed by atoms with Crippen molar-refractivity contribution >= 4 is 39.9 Å². The smallest absolute Gasteiger partial charge is 0.271 e. The number of hydrogen-bond donors (Lipinski definition) is 3. The molecule has 0 aliphatic carbocycles. The van der Waals surface area contributed by atoms with E-state index in [1.165, 1.54) is 6.33 Å². The van der Waals surface area contributed by atoms with Crippen molar-refractivity contribution in [3.8, 4) is 11.6 Å². The van der Waals surface area contributed by atoms with E-state index < -0.39 is 5.91 Å². The van der Waals surface area contributed by atoms with Crippen molar-refractivity contribution in [2.45, 2.75) is 6.92 Å². The van der Waals surface area contributed by atoms with Gasteiger partial charge in [-0.25, -0.2) is 9.97 Å². The molecule has 4 rings (SSSR count). The van der Waals surface area contributed by atoms with Gasteiger partial charge in [-0.3, -0.25) is 15.6 Å². The summed E-state index contributed by atoms with van der Waals surface area (Å²) in [4.78, 5) is 25.0. The van der Waals surface area contributed by atoms with E-state index >= 15 is 0 Å². The Labute approximate surface area is 177 Å². The third kappa shape index (κ3) is 3.94. The Kier molecular flexibility index (Phi) is 5.32. The average molecular weight is 421 g/mol. The Morgan fingerprint density at radius 3 is 2.73 bits per heavy atom. The second-order valence-corrected chi connectivity index (χ2v) is 6.79. The fraction of sp³-hybridized carbons (Fsp3) is 0.0476. The number of benzene rings is 2.